The van der Waals surface area contributed by atoms with Crippen molar-refractivity contribution in [2.24, 2.45) is 0 Å². The maximum absolute atomic E-state index is 13.1. The molecule has 3 nitrogen and oxygen atoms in total. The number of carbonyl (C=O) groups excluding carboxylic acids is 1. The van der Waals surface area contributed by atoms with E-state index in [1.165, 1.54) is 12.1 Å². The lowest BCUT2D eigenvalue weighted by Crippen LogP contribution is -2.35. The van der Waals surface area contributed by atoms with Gasteiger partial charge < -0.3 is 4.74 Å². The lowest BCUT2D eigenvalue weighted by atomic mass is 10.0. The highest BCUT2D eigenvalue weighted by Gasteiger charge is 2.24. The maximum Gasteiger partial charge on any atom is 0.327 e. The van der Waals surface area contributed by atoms with E-state index in [2.05, 4.69) is 5.32 Å². The number of hydrogen-bond donors (Lipinski definition) is 1. The molecule has 0 aliphatic carbocycles. The van der Waals surface area contributed by atoms with Crippen LogP contribution in [0.3, 0.4) is 0 Å². The molecule has 1 N–H and O–H groups in total. The minimum atomic E-state index is -0.550. The van der Waals surface area contributed by atoms with Gasteiger partial charge in [-0.3, -0.25) is 5.32 Å². The van der Waals surface area contributed by atoms with Crippen LogP contribution in [0, 0.1) is 12.7 Å². The van der Waals surface area contributed by atoms with Crippen LogP contribution in [-0.4, -0.2) is 18.6 Å². The first-order valence-corrected chi connectivity index (χ1v) is 6.14. The molecule has 0 fully saturated rings. The monoisotopic (exact) mass is 253 g/mol. The number of hydrogen-bond acceptors (Lipinski definition) is 3. The van der Waals surface area contributed by atoms with Crippen molar-refractivity contribution in [3.05, 3.63) is 35.1 Å². The van der Waals surface area contributed by atoms with Crippen LogP contribution in [0.2, 0.25) is 0 Å². The first-order valence-electron chi connectivity index (χ1n) is 6.14. The molecule has 1 aromatic carbocycles. The second kappa shape index (κ2) is 6.50. The smallest absolute Gasteiger partial charge is 0.327 e. The van der Waals surface area contributed by atoms with Gasteiger partial charge in [-0.2, -0.15) is 0 Å². The molecule has 0 saturated heterocycles. The highest BCUT2D eigenvalue weighted by atomic mass is 19.1. The van der Waals surface area contributed by atoms with E-state index in [1.807, 2.05) is 13.8 Å². The van der Waals surface area contributed by atoms with Gasteiger partial charge in [-0.1, -0.05) is 6.07 Å². The molecule has 1 atom stereocenters. The zero-order valence-corrected chi connectivity index (χ0v) is 11.3. The van der Waals surface area contributed by atoms with Crippen LogP contribution in [0.5, 0.6) is 0 Å². The third kappa shape index (κ3) is 3.81. The summed E-state index contributed by atoms with van der Waals surface area (Å²) < 4.78 is 18.1. The van der Waals surface area contributed by atoms with Crippen molar-refractivity contribution in [1.29, 1.82) is 0 Å². The normalized spacial score (nSPS) is 12.6. The summed E-state index contributed by atoms with van der Waals surface area (Å²) in [6, 6.07) is 3.98. The van der Waals surface area contributed by atoms with Gasteiger partial charge in [-0.05, 0) is 51.0 Å². The quantitative estimate of drug-likeness (QED) is 0.820. The fourth-order valence-corrected chi connectivity index (χ4v) is 1.81. The average Bonchev–Trinajstić information content (AvgIpc) is 2.26. The van der Waals surface area contributed by atoms with E-state index in [-0.39, 0.29) is 17.8 Å². The predicted octanol–water partition coefficient (Wildman–Crippen LogP) is 2.74. The van der Waals surface area contributed by atoms with E-state index < -0.39 is 6.04 Å². The number of nitrogens with one attached hydrogen (secondary N) is 1. The molecule has 0 spiro atoms. The number of halogens is 1. The van der Waals surface area contributed by atoms with Crippen molar-refractivity contribution >= 4 is 5.97 Å². The molecule has 18 heavy (non-hydrogen) atoms. The second-order valence-corrected chi connectivity index (χ2v) is 4.51. The summed E-state index contributed by atoms with van der Waals surface area (Å²) >= 11 is 0. The van der Waals surface area contributed by atoms with Gasteiger partial charge in [0.1, 0.15) is 11.9 Å². The van der Waals surface area contributed by atoms with Gasteiger partial charge in [0.15, 0.2) is 0 Å². The van der Waals surface area contributed by atoms with Crippen molar-refractivity contribution in [3.63, 3.8) is 0 Å². The Labute approximate surface area is 107 Å². The topological polar surface area (TPSA) is 38.3 Å². The summed E-state index contributed by atoms with van der Waals surface area (Å²) in [5.41, 5.74) is 1.49. The standard InChI is InChI=1S/C14H20FNO2/c1-5-18-14(17)13(16-9(2)3)12-7-6-11(15)8-10(12)4/h6-9,13,16H,5H2,1-4H3. The van der Waals surface area contributed by atoms with Crippen LogP contribution < -0.4 is 5.32 Å². The highest BCUT2D eigenvalue weighted by molar-refractivity contribution is 5.78. The number of esters is 1. The molecule has 0 saturated carbocycles. The van der Waals surface area contributed by atoms with Gasteiger partial charge >= 0.3 is 5.97 Å². The van der Waals surface area contributed by atoms with E-state index in [1.54, 1.807) is 19.9 Å². The molecule has 4 heteroatoms. The minimum absolute atomic E-state index is 0.129. The summed E-state index contributed by atoms with van der Waals surface area (Å²) in [5.74, 6) is -0.635. The molecule has 0 amide bonds. The predicted molar refractivity (Wildman–Crippen MR) is 68.8 cm³/mol. The van der Waals surface area contributed by atoms with E-state index >= 15 is 0 Å². The van der Waals surface area contributed by atoms with Crippen LogP contribution in [0.15, 0.2) is 18.2 Å². The molecule has 1 aromatic rings. The van der Waals surface area contributed by atoms with Crippen molar-refractivity contribution in [2.75, 3.05) is 6.61 Å². The Balaban J connectivity index is 3.04. The number of carbonyl (C=O) groups is 1. The highest BCUT2D eigenvalue weighted by Crippen LogP contribution is 2.20. The van der Waals surface area contributed by atoms with Crippen LogP contribution in [0.25, 0.3) is 0 Å². The minimum Gasteiger partial charge on any atom is -0.465 e. The number of aryl methyl sites for hydroxylation is 1. The Hall–Kier alpha value is -1.42. The molecule has 1 unspecified atom stereocenters. The molecule has 0 aliphatic heterocycles. The molecule has 0 bridgehead atoms. The van der Waals surface area contributed by atoms with Gasteiger partial charge in [0.2, 0.25) is 0 Å². The molecular weight excluding hydrogens is 233 g/mol. The van der Waals surface area contributed by atoms with Crippen LogP contribution in [0.4, 0.5) is 4.39 Å². The average molecular weight is 253 g/mol. The fraction of sp³-hybridized carbons (Fsp3) is 0.500. The summed E-state index contributed by atoms with van der Waals surface area (Å²) in [6.45, 7) is 7.78. The van der Waals surface area contributed by atoms with E-state index in [9.17, 15) is 9.18 Å². The zero-order chi connectivity index (χ0) is 13.7. The Bertz CT molecular complexity index is 418. The van der Waals surface area contributed by atoms with Crippen molar-refractivity contribution in [2.45, 2.75) is 39.8 Å². The molecule has 0 radical (unpaired) electrons. The third-order valence-electron chi connectivity index (χ3n) is 2.57. The zero-order valence-electron chi connectivity index (χ0n) is 11.3. The van der Waals surface area contributed by atoms with E-state index in [0.717, 1.165) is 11.1 Å². The molecule has 0 aliphatic rings. The fourth-order valence-electron chi connectivity index (χ4n) is 1.81. The van der Waals surface area contributed by atoms with Crippen LogP contribution in [-0.2, 0) is 9.53 Å². The van der Waals surface area contributed by atoms with Gasteiger partial charge in [0, 0.05) is 6.04 Å². The van der Waals surface area contributed by atoms with Gasteiger partial charge in [0.25, 0.3) is 0 Å². The van der Waals surface area contributed by atoms with Crippen LogP contribution >= 0.6 is 0 Å². The van der Waals surface area contributed by atoms with Gasteiger partial charge in [-0.15, -0.1) is 0 Å². The first kappa shape index (κ1) is 14.6. The Morgan fingerprint density at radius 3 is 2.61 bits per heavy atom. The number of rotatable bonds is 5. The van der Waals surface area contributed by atoms with E-state index in [4.69, 9.17) is 4.74 Å². The Morgan fingerprint density at radius 1 is 1.44 bits per heavy atom. The first-order chi connectivity index (χ1) is 8.45. The summed E-state index contributed by atoms with van der Waals surface area (Å²) in [6.07, 6.45) is 0. The number of benzene rings is 1. The summed E-state index contributed by atoms with van der Waals surface area (Å²) in [5, 5.41) is 3.14. The van der Waals surface area contributed by atoms with Gasteiger partial charge in [-0.25, -0.2) is 9.18 Å². The SMILES string of the molecule is CCOC(=O)C(NC(C)C)c1ccc(F)cc1C. The molecular formula is C14H20FNO2. The summed E-state index contributed by atoms with van der Waals surface area (Å²) in [4.78, 5) is 11.9. The van der Waals surface area contributed by atoms with Gasteiger partial charge in [0.05, 0.1) is 6.61 Å². The maximum atomic E-state index is 13.1. The van der Waals surface area contributed by atoms with E-state index in [0.29, 0.717) is 6.61 Å². The lowest BCUT2D eigenvalue weighted by Gasteiger charge is -2.21. The Kier molecular flexibility index (Phi) is 5.28. The van der Waals surface area contributed by atoms with Crippen LogP contribution in [0.1, 0.15) is 37.9 Å². The largest absolute Gasteiger partial charge is 0.465 e. The lowest BCUT2D eigenvalue weighted by molar-refractivity contribution is -0.146. The summed E-state index contributed by atoms with van der Waals surface area (Å²) in [7, 11) is 0. The van der Waals surface area contributed by atoms with Crippen molar-refractivity contribution in [1.82, 2.24) is 5.32 Å². The van der Waals surface area contributed by atoms with Crippen molar-refractivity contribution < 1.29 is 13.9 Å². The third-order valence-corrected chi connectivity index (χ3v) is 2.57. The molecule has 1 rings (SSSR count). The Morgan fingerprint density at radius 2 is 2.11 bits per heavy atom. The molecule has 100 valence electrons. The van der Waals surface area contributed by atoms with Crippen molar-refractivity contribution in [3.8, 4) is 0 Å². The number of ether oxygens (including phenoxy) is 1. The molecule has 0 heterocycles. The molecule has 0 aromatic heterocycles. The second-order valence-electron chi connectivity index (χ2n) is 4.51.